The lowest BCUT2D eigenvalue weighted by Crippen LogP contribution is -2.17. The molecule has 0 amide bonds. The van der Waals surface area contributed by atoms with Gasteiger partial charge in [0, 0.05) is 6.20 Å². The Morgan fingerprint density at radius 2 is 2.31 bits per heavy atom. The standard InChI is InChI=1S/C10H14N2O4/c1-3-16-10(15)8-4-11-12(6-8)5-7(2)9(13)14/h4,6-7H,3,5H2,1-2H3,(H,13,14)/t7-/m0/s1. The van der Waals surface area contributed by atoms with Gasteiger partial charge >= 0.3 is 11.9 Å². The van der Waals surface area contributed by atoms with Gasteiger partial charge in [0.15, 0.2) is 0 Å². The molecule has 0 aliphatic rings. The number of ether oxygens (including phenoxy) is 1. The maximum atomic E-state index is 11.3. The Kier molecular flexibility index (Phi) is 4.04. The maximum absolute atomic E-state index is 11.3. The van der Waals surface area contributed by atoms with Crippen molar-refractivity contribution in [1.29, 1.82) is 0 Å². The first-order chi connectivity index (χ1) is 7.54. The summed E-state index contributed by atoms with van der Waals surface area (Å²) in [5.41, 5.74) is 0.333. The van der Waals surface area contributed by atoms with E-state index in [1.165, 1.54) is 17.1 Å². The summed E-state index contributed by atoms with van der Waals surface area (Å²) in [6.07, 6.45) is 2.85. The van der Waals surface area contributed by atoms with E-state index >= 15 is 0 Å². The largest absolute Gasteiger partial charge is 0.481 e. The molecule has 1 heterocycles. The van der Waals surface area contributed by atoms with E-state index in [-0.39, 0.29) is 6.54 Å². The number of carboxylic acid groups (broad SMARTS) is 1. The Morgan fingerprint density at radius 1 is 1.62 bits per heavy atom. The van der Waals surface area contributed by atoms with Crippen LogP contribution < -0.4 is 0 Å². The monoisotopic (exact) mass is 226 g/mol. The summed E-state index contributed by atoms with van der Waals surface area (Å²) in [6, 6.07) is 0. The smallest absolute Gasteiger partial charge is 0.341 e. The normalized spacial score (nSPS) is 12.1. The number of carbonyl (C=O) groups excluding carboxylic acids is 1. The summed E-state index contributed by atoms with van der Waals surface area (Å²) >= 11 is 0. The number of carboxylic acids is 1. The zero-order chi connectivity index (χ0) is 12.1. The van der Waals surface area contributed by atoms with Crippen LogP contribution in [0.2, 0.25) is 0 Å². The first-order valence-electron chi connectivity index (χ1n) is 4.97. The summed E-state index contributed by atoms with van der Waals surface area (Å²) in [7, 11) is 0. The molecule has 16 heavy (non-hydrogen) atoms. The highest BCUT2D eigenvalue weighted by atomic mass is 16.5. The quantitative estimate of drug-likeness (QED) is 0.750. The lowest BCUT2D eigenvalue weighted by Gasteiger charge is -2.05. The number of aliphatic carboxylic acids is 1. The summed E-state index contributed by atoms with van der Waals surface area (Å²) < 4.78 is 6.21. The Hall–Kier alpha value is -1.85. The van der Waals surface area contributed by atoms with Crippen molar-refractivity contribution in [1.82, 2.24) is 9.78 Å². The SMILES string of the molecule is CCOC(=O)c1cnn(C[C@H](C)C(=O)O)c1. The molecule has 0 aromatic carbocycles. The van der Waals surface area contributed by atoms with E-state index in [1.54, 1.807) is 13.8 Å². The molecule has 6 heteroatoms. The van der Waals surface area contributed by atoms with E-state index in [9.17, 15) is 9.59 Å². The Bertz CT molecular complexity index is 386. The average Bonchev–Trinajstić information content (AvgIpc) is 2.66. The van der Waals surface area contributed by atoms with Gasteiger partial charge in [0.2, 0.25) is 0 Å². The molecule has 0 saturated carbocycles. The Morgan fingerprint density at radius 3 is 2.88 bits per heavy atom. The van der Waals surface area contributed by atoms with Crippen LogP contribution in [0.25, 0.3) is 0 Å². The molecule has 1 N–H and O–H groups in total. The number of hydrogen-bond acceptors (Lipinski definition) is 4. The van der Waals surface area contributed by atoms with Crippen molar-refractivity contribution in [3.8, 4) is 0 Å². The fourth-order valence-electron chi connectivity index (χ4n) is 1.14. The Balaban J connectivity index is 2.64. The van der Waals surface area contributed by atoms with Crippen LogP contribution in [0.15, 0.2) is 12.4 Å². The molecule has 0 spiro atoms. The number of rotatable bonds is 5. The van der Waals surface area contributed by atoms with E-state index in [4.69, 9.17) is 9.84 Å². The third kappa shape index (κ3) is 3.08. The highest BCUT2D eigenvalue weighted by molar-refractivity contribution is 5.88. The molecule has 0 aliphatic heterocycles. The van der Waals surface area contributed by atoms with Crippen LogP contribution in [-0.4, -0.2) is 33.4 Å². The minimum absolute atomic E-state index is 0.231. The number of aromatic nitrogens is 2. The second-order valence-corrected chi connectivity index (χ2v) is 3.41. The molecule has 1 atom stereocenters. The van der Waals surface area contributed by atoms with Gasteiger partial charge in [0.1, 0.15) is 0 Å². The first kappa shape index (κ1) is 12.2. The highest BCUT2D eigenvalue weighted by Crippen LogP contribution is 2.04. The molecular formula is C10H14N2O4. The van der Waals surface area contributed by atoms with Crippen LogP contribution in [0.3, 0.4) is 0 Å². The zero-order valence-corrected chi connectivity index (χ0v) is 9.21. The summed E-state index contributed by atoms with van der Waals surface area (Å²) in [4.78, 5) is 21.9. The van der Waals surface area contributed by atoms with Gasteiger partial charge in [0.05, 0.1) is 30.8 Å². The van der Waals surface area contributed by atoms with E-state index in [0.717, 1.165) is 0 Å². The number of hydrogen-bond donors (Lipinski definition) is 1. The second kappa shape index (κ2) is 5.29. The Labute approximate surface area is 92.8 Å². The molecule has 0 bridgehead atoms. The number of esters is 1. The molecular weight excluding hydrogens is 212 g/mol. The van der Waals surface area contributed by atoms with Crippen LogP contribution in [-0.2, 0) is 16.1 Å². The van der Waals surface area contributed by atoms with Crippen molar-refractivity contribution >= 4 is 11.9 Å². The van der Waals surface area contributed by atoms with Crippen LogP contribution in [0.5, 0.6) is 0 Å². The van der Waals surface area contributed by atoms with Gasteiger partial charge in [-0.25, -0.2) is 4.79 Å². The molecule has 1 rings (SSSR count). The van der Waals surface area contributed by atoms with Crippen molar-refractivity contribution < 1.29 is 19.4 Å². The fourth-order valence-corrected chi connectivity index (χ4v) is 1.14. The molecule has 0 unspecified atom stereocenters. The summed E-state index contributed by atoms with van der Waals surface area (Å²) in [5, 5.41) is 12.6. The molecule has 0 radical (unpaired) electrons. The van der Waals surface area contributed by atoms with Gasteiger partial charge in [0.25, 0.3) is 0 Å². The topological polar surface area (TPSA) is 81.4 Å². The van der Waals surface area contributed by atoms with Gasteiger partial charge in [-0.15, -0.1) is 0 Å². The van der Waals surface area contributed by atoms with Gasteiger partial charge in [-0.3, -0.25) is 9.48 Å². The van der Waals surface area contributed by atoms with Crippen molar-refractivity contribution in [3.63, 3.8) is 0 Å². The minimum Gasteiger partial charge on any atom is -0.481 e. The fraction of sp³-hybridized carbons (Fsp3) is 0.500. The predicted molar refractivity (Wildman–Crippen MR) is 55.0 cm³/mol. The van der Waals surface area contributed by atoms with Crippen LogP contribution in [0.1, 0.15) is 24.2 Å². The minimum atomic E-state index is -0.895. The molecule has 1 aromatic heterocycles. The molecule has 6 nitrogen and oxygen atoms in total. The third-order valence-electron chi connectivity index (χ3n) is 2.03. The molecule has 0 fully saturated rings. The van der Waals surface area contributed by atoms with Crippen LogP contribution >= 0.6 is 0 Å². The molecule has 88 valence electrons. The lowest BCUT2D eigenvalue weighted by atomic mass is 10.2. The van der Waals surface area contributed by atoms with Gasteiger partial charge in [-0.05, 0) is 6.92 Å². The van der Waals surface area contributed by atoms with Crippen molar-refractivity contribution in [2.45, 2.75) is 20.4 Å². The molecule has 0 saturated heterocycles. The van der Waals surface area contributed by atoms with Crippen molar-refractivity contribution in [3.05, 3.63) is 18.0 Å². The molecule has 0 aliphatic carbocycles. The second-order valence-electron chi connectivity index (χ2n) is 3.41. The highest BCUT2D eigenvalue weighted by Gasteiger charge is 2.14. The number of carbonyl (C=O) groups is 2. The van der Waals surface area contributed by atoms with Gasteiger partial charge in [-0.1, -0.05) is 6.92 Å². The first-order valence-corrected chi connectivity index (χ1v) is 4.97. The summed E-state index contributed by atoms with van der Waals surface area (Å²) in [5.74, 6) is -1.89. The van der Waals surface area contributed by atoms with E-state index in [1.807, 2.05) is 0 Å². The van der Waals surface area contributed by atoms with Crippen LogP contribution in [0, 0.1) is 5.92 Å². The zero-order valence-electron chi connectivity index (χ0n) is 9.21. The number of nitrogens with zero attached hydrogens (tertiary/aromatic N) is 2. The van der Waals surface area contributed by atoms with Gasteiger partial charge < -0.3 is 9.84 Å². The van der Waals surface area contributed by atoms with Crippen LogP contribution in [0.4, 0.5) is 0 Å². The summed E-state index contributed by atoms with van der Waals surface area (Å²) in [6.45, 7) is 3.83. The average molecular weight is 226 g/mol. The lowest BCUT2D eigenvalue weighted by molar-refractivity contribution is -0.141. The van der Waals surface area contributed by atoms with Crippen molar-refractivity contribution in [2.75, 3.05) is 6.61 Å². The van der Waals surface area contributed by atoms with E-state index in [0.29, 0.717) is 12.2 Å². The molecule has 1 aromatic rings. The predicted octanol–water partition coefficient (Wildman–Crippen LogP) is 0.780. The van der Waals surface area contributed by atoms with Crippen molar-refractivity contribution in [2.24, 2.45) is 5.92 Å². The van der Waals surface area contributed by atoms with E-state index < -0.39 is 17.9 Å². The maximum Gasteiger partial charge on any atom is 0.341 e. The van der Waals surface area contributed by atoms with Gasteiger partial charge in [-0.2, -0.15) is 5.10 Å². The van der Waals surface area contributed by atoms with E-state index in [2.05, 4.69) is 5.10 Å². The third-order valence-corrected chi connectivity index (χ3v) is 2.03.